The van der Waals surface area contributed by atoms with Gasteiger partial charge in [-0.25, -0.2) is 0 Å². The fraction of sp³-hybridized carbons (Fsp3) is 0.529. The van der Waals surface area contributed by atoms with Gasteiger partial charge < -0.3 is 18.8 Å². The van der Waals surface area contributed by atoms with E-state index >= 15 is 0 Å². The van der Waals surface area contributed by atoms with Gasteiger partial charge in [0.25, 0.3) is 0 Å². The van der Waals surface area contributed by atoms with E-state index in [-0.39, 0.29) is 24.2 Å². The second-order valence-corrected chi connectivity index (χ2v) is 6.74. The van der Waals surface area contributed by atoms with E-state index in [2.05, 4.69) is 14.8 Å². The van der Waals surface area contributed by atoms with E-state index in [0.29, 0.717) is 19.6 Å². The summed E-state index contributed by atoms with van der Waals surface area (Å²) in [5, 5.41) is 8.37. The lowest BCUT2D eigenvalue weighted by molar-refractivity contribution is -0.135. The molecule has 1 saturated heterocycles. The van der Waals surface area contributed by atoms with Gasteiger partial charge in [-0.2, -0.15) is 0 Å². The number of hydrogen-bond acceptors (Lipinski definition) is 5. The van der Waals surface area contributed by atoms with Crippen molar-refractivity contribution in [3.05, 3.63) is 35.8 Å². The molecule has 4 rings (SSSR count). The second-order valence-electron chi connectivity index (χ2n) is 6.74. The van der Waals surface area contributed by atoms with Crippen LogP contribution in [0, 0.1) is 5.92 Å². The van der Waals surface area contributed by atoms with E-state index in [1.54, 1.807) is 29.2 Å². The summed E-state index contributed by atoms with van der Waals surface area (Å²) in [5.41, 5.74) is 0. The van der Waals surface area contributed by atoms with Gasteiger partial charge in [0, 0.05) is 33.0 Å². The van der Waals surface area contributed by atoms with E-state index < -0.39 is 0 Å². The summed E-state index contributed by atoms with van der Waals surface area (Å²) in [6, 6.07) is 3.63. The lowest BCUT2D eigenvalue weighted by atomic mass is 10.1. The first-order valence-electron chi connectivity index (χ1n) is 8.58. The van der Waals surface area contributed by atoms with Crippen molar-refractivity contribution in [2.45, 2.75) is 38.9 Å². The van der Waals surface area contributed by atoms with Gasteiger partial charge in [-0.1, -0.05) is 0 Å². The molecular weight excluding hydrogens is 322 g/mol. The standard InChI is InChI=1S/C17H21N5O3/c1-20(11-15-19-18-14-5-2-6-22(14)15)17(24)12-8-16(23)21(9-12)10-13-4-3-7-25-13/h3-4,7,12H,2,5-6,8-11H2,1H3/t12-/m0/s1. The molecule has 2 aromatic heterocycles. The number of carbonyl (C=O) groups is 2. The number of amides is 2. The van der Waals surface area contributed by atoms with Crippen LogP contribution in [0.1, 0.15) is 30.3 Å². The number of fused-ring (bicyclic) bond motifs is 1. The van der Waals surface area contributed by atoms with Crippen molar-refractivity contribution in [2.24, 2.45) is 5.92 Å². The zero-order chi connectivity index (χ0) is 17.4. The molecule has 8 nitrogen and oxygen atoms in total. The van der Waals surface area contributed by atoms with Gasteiger partial charge >= 0.3 is 0 Å². The second kappa shape index (κ2) is 6.34. The summed E-state index contributed by atoms with van der Waals surface area (Å²) < 4.78 is 7.38. The van der Waals surface area contributed by atoms with Crippen LogP contribution < -0.4 is 0 Å². The van der Waals surface area contributed by atoms with Gasteiger partial charge in [0.05, 0.1) is 25.3 Å². The molecular formula is C17H21N5O3. The topological polar surface area (TPSA) is 84.5 Å². The quantitative estimate of drug-likeness (QED) is 0.803. The number of aryl methyl sites for hydroxylation is 1. The number of rotatable bonds is 5. The average molecular weight is 343 g/mol. The van der Waals surface area contributed by atoms with E-state index in [9.17, 15) is 9.59 Å². The van der Waals surface area contributed by atoms with Crippen LogP contribution >= 0.6 is 0 Å². The van der Waals surface area contributed by atoms with Gasteiger partial charge in [-0.15, -0.1) is 10.2 Å². The zero-order valence-electron chi connectivity index (χ0n) is 14.2. The molecule has 0 unspecified atom stereocenters. The molecule has 0 aromatic carbocycles. The third-order valence-electron chi connectivity index (χ3n) is 4.93. The SMILES string of the molecule is CN(Cc1nnc2n1CCC2)C(=O)[C@H]1CC(=O)N(Cc2ccco2)C1. The lowest BCUT2D eigenvalue weighted by Crippen LogP contribution is -2.35. The van der Waals surface area contributed by atoms with Crippen molar-refractivity contribution >= 4 is 11.8 Å². The highest BCUT2D eigenvalue weighted by Crippen LogP contribution is 2.23. The van der Waals surface area contributed by atoms with Gasteiger partial charge in [0.1, 0.15) is 11.6 Å². The van der Waals surface area contributed by atoms with E-state index in [1.807, 2.05) is 6.07 Å². The summed E-state index contributed by atoms with van der Waals surface area (Å²) in [6.07, 6.45) is 3.86. The normalized spacial score (nSPS) is 19.5. The van der Waals surface area contributed by atoms with E-state index in [0.717, 1.165) is 36.8 Å². The van der Waals surface area contributed by atoms with Crippen LogP contribution in [0.4, 0.5) is 0 Å². The molecule has 0 radical (unpaired) electrons. The van der Waals surface area contributed by atoms with E-state index in [4.69, 9.17) is 4.42 Å². The number of furan rings is 1. The molecule has 2 aromatic rings. The van der Waals surface area contributed by atoms with Gasteiger partial charge in [0.2, 0.25) is 11.8 Å². The first kappa shape index (κ1) is 15.9. The highest BCUT2D eigenvalue weighted by molar-refractivity contribution is 5.89. The summed E-state index contributed by atoms with van der Waals surface area (Å²) in [5.74, 6) is 2.20. The molecule has 132 valence electrons. The highest BCUT2D eigenvalue weighted by atomic mass is 16.3. The molecule has 0 spiro atoms. The number of carbonyl (C=O) groups excluding carboxylic acids is 2. The number of hydrogen-bond donors (Lipinski definition) is 0. The average Bonchev–Trinajstić information content (AvgIpc) is 3.35. The van der Waals surface area contributed by atoms with E-state index in [1.165, 1.54) is 0 Å². The minimum atomic E-state index is -0.312. The maximum absolute atomic E-state index is 12.7. The molecule has 8 heteroatoms. The van der Waals surface area contributed by atoms with Crippen LogP contribution in [0.15, 0.2) is 22.8 Å². The molecule has 0 bridgehead atoms. The van der Waals surface area contributed by atoms with Crippen LogP contribution in [0.3, 0.4) is 0 Å². The maximum atomic E-state index is 12.7. The molecule has 2 amide bonds. The minimum absolute atomic E-state index is 0.00785. The molecule has 0 saturated carbocycles. The minimum Gasteiger partial charge on any atom is -0.467 e. The van der Waals surface area contributed by atoms with Gasteiger partial charge in [-0.3, -0.25) is 9.59 Å². The molecule has 25 heavy (non-hydrogen) atoms. The predicted octanol–water partition coefficient (Wildman–Crippen LogP) is 0.824. The lowest BCUT2D eigenvalue weighted by Gasteiger charge is -2.21. The van der Waals surface area contributed by atoms with Crippen LogP contribution in [-0.2, 0) is 35.6 Å². The smallest absolute Gasteiger partial charge is 0.228 e. The Balaban J connectivity index is 1.38. The van der Waals surface area contributed by atoms with Crippen molar-refractivity contribution in [2.75, 3.05) is 13.6 Å². The third-order valence-corrected chi connectivity index (χ3v) is 4.93. The Morgan fingerprint density at radius 2 is 2.32 bits per heavy atom. The fourth-order valence-corrected chi connectivity index (χ4v) is 3.61. The monoisotopic (exact) mass is 343 g/mol. The summed E-state index contributed by atoms with van der Waals surface area (Å²) in [6.45, 7) is 2.19. The first-order chi connectivity index (χ1) is 12.1. The fourth-order valence-electron chi connectivity index (χ4n) is 3.61. The Hall–Kier alpha value is -2.64. The first-order valence-corrected chi connectivity index (χ1v) is 8.58. The summed E-state index contributed by atoms with van der Waals surface area (Å²) >= 11 is 0. The van der Waals surface area contributed by atoms with Crippen molar-refractivity contribution in [3.63, 3.8) is 0 Å². The molecule has 1 atom stereocenters. The molecule has 2 aliphatic heterocycles. The molecule has 0 N–H and O–H groups in total. The predicted molar refractivity (Wildman–Crippen MR) is 87.0 cm³/mol. The Labute approximate surface area is 145 Å². The van der Waals surface area contributed by atoms with Crippen LogP contribution in [0.25, 0.3) is 0 Å². The van der Waals surface area contributed by atoms with Gasteiger partial charge in [0.15, 0.2) is 5.82 Å². The summed E-state index contributed by atoms with van der Waals surface area (Å²) in [4.78, 5) is 28.3. The Bertz CT molecular complexity index is 782. The van der Waals surface area contributed by atoms with Crippen molar-refractivity contribution in [3.8, 4) is 0 Å². The zero-order valence-corrected chi connectivity index (χ0v) is 14.2. The molecule has 2 aliphatic rings. The van der Waals surface area contributed by atoms with Crippen LogP contribution in [0.5, 0.6) is 0 Å². The molecule has 0 aliphatic carbocycles. The van der Waals surface area contributed by atoms with Crippen molar-refractivity contribution in [1.29, 1.82) is 0 Å². The number of likely N-dealkylation sites (tertiary alicyclic amines) is 1. The highest BCUT2D eigenvalue weighted by Gasteiger charge is 2.36. The largest absolute Gasteiger partial charge is 0.467 e. The Kier molecular flexibility index (Phi) is 4.03. The van der Waals surface area contributed by atoms with Crippen molar-refractivity contribution in [1.82, 2.24) is 24.6 Å². The number of aromatic nitrogens is 3. The van der Waals surface area contributed by atoms with Gasteiger partial charge in [-0.05, 0) is 18.6 Å². The maximum Gasteiger partial charge on any atom is 0.228 e. The van der Waals surface area contributed by atoms with Crippen LogP contribution in [-0.4, -0.2) is 50.0 Å². The third kappa shape index (κ3) is 3.04. The molecule has 4 heterocycles. The van der Waals surface area contributed by atoms with Crippen molar-refractivity contribution < 1.29 is 14.0 Å². The Morgan fingerprint density at radius 1 is 1.44 bits per heavy atom. The Morgan fingerprint density at radius 3 is 3.12 bits per heavy atom. The summed E-state index contributed by atoms with van der Waals surface area (Å²) in [7, 11) is 1.76. The number of nitrogens with zero attached hydrogens (tertiary/aromatic N) is 5. The molecule has 1 fully saturated rings. The van der Waals surface area contributed by atoms with Crippen LogP contribution in [0.2, 0.25) is 0 Å².